The van der Waals surface area contributed by atoms with Gasteiger partial charge in [-0.1, -0.05) is 36.4 Å². The number of guanidine groups is 1. The maximum absolute atomic E-state index is 13.4. The number of nitrogens with one attached hydrogen (secondary N) is 1. The smallest absolute Gasteiger partial charge is 0.222 e. The molecule has 1 saturated heterocycles. The van der Waals surface area contributed by atoms with Crippen molar-refractivity contribution in [3.05, 3.63) is 71.0 Å². The van der Waals surface area contributed by atoms with Crippen LogP contribution in [0.4, 0.5) is 4.39 Å². The van der Waals surface area contributed by atoms with Gasteiger partial charge in [-0.05, 0) is 42.2 Å². The molecule has 5 nitrogen and oxygen atoms in total. The minimum Gasteiger partial charge on any atom is -0.357 e. The van der Waals surface area contributed by atoms with Crippen LogP contribution >= 0.6 is 24.0 Å². The maximum Gasteiger partial charge on any atom is 0.222 e. The van der Waals surface area contributed by atoms with E-state index in [4.69, 9.17) is 4.99 Å². The molecule has 0 aromatic heterocycles. The first kappa shape index (κ1) is 24.1. The van der Waals surface area contributed by atoms with E-state index in [1.807, 2.05) is 29.8 Å². The van der Waals surface area contributed by atoms with E-state index in [0.717, 1.165) is 42.2 Å². The summed E-state index contributed by atoms with van der Waals surface area (Å²) in [4.78, 5) is 20.4. The molecule has 30 heavy (non-hydrogen) atoms. The molecule has 2 aromatic rings. The van der Waals surface area contributed by atoms with Gasteiger partial charge in [-0.3, -0.25) is 4.79 Å². The fourth-order valence-electron chi connectivity index (χ4n) is 3.46. The molecule has 0 radical (unpaired) electrons. The van der Waals surface area contributed by atoms with Crippen molar-refractivity contribution in [2.24, 2.45) is 4.99 Å². The predicted octanol–water partition coefficient (Wildman–Crippen LogP) is 4.16. The molecule has 0 bridgehead atoms. The van der Waals surface area contributed by atoms with Crippen molar-refractivity contribution in [1.82, 2.24) is 15.1 Å². The Kier molecular flexibility index (Phi) is 9.55. The van der Waals surface area contributed by atoms with Gasteiger partial charge in [0.2, 0.25) is 5.91 Å². The van der Waals surface area contributed by atoms with Crippen LogP contribution in [0.1, 0.15) is 36.5 Å². The molecule has 0 saturated carbocycles. The molecule has 1 fully saturated rings. The van der Waals surface area contributed by atoms with Crippen molar-refractivity contribution in [2.45, 2.75) is 39.4 Å². The lowest BCUT2D eigenvalue weighted by Crippen LogP contribution is -2.38. The molecule has 0 unspecified atom stereocenters. The molecule has 1 aliphatic rings. The number of benzene rings is 2. The molecule has 1 aliphatic heterocycles. The molecule has 7 heteroatoms. The summed E-state index contributed by atoms with van der Waals surface area (Å²) in [6.45, 7) is 5.45. The Morgan fingerprint density at radius 2 is 1.90 bits per heavy atom. The van der Waals surface area contributed by atoms with Crippen LogP contribution in [-0.2, 0) is 24.4 Å². The summed E-state index contributed by atoms with van der Waals surface area (Å²) in [6.07, 6.45) is 1.63. The summed E-state index contributed by atoms with van der Waals surface area (Å²) in [7, 11) is 1.95. The van der Waals surface area contributed by atoms with E-state index in [2.05, 4.69) is 29.6 Å². The highest BCUT2D eigenvalue weighted by Gasteiger charge is 2.19. The van der Waals surface area contributed by atoms with Gasteiger partial charge in [0.05, 0.1) is 6.54 Å². The van der Waals surface area contributed by atoms with Crippen molar-refractivity contribution in [3.63, 3.8) is 0 Å². The summed E-state index contributed by atoms with van der Waals surface area (Å²) in [6, 6.07) is 14.9. The number of likely N-dealkylation sites (tertiary alicyclic amines) is 1. The van der Waals surface area contributed by atoms with Crippen LogP contribution < -0.4 is 5.32 Å². The zero-order valence-corrected chi connectivity index (χ0v) is 19.9. The van der Waals surface area contributed by atoms with E-state index < -0.39 is 0 Å². The Morgan fingerprint density at radius 1 is 1.17 bits per heavy atom. The van der Waals surface area contributed by atoms with Gasteiger partial charge >= 0.3 is 0 Å². The van der Waals surface area contributed by atoms with E-state index in [-0.39, 0.29) is 35.7 Å². The molecule has 0 spiro atoms. The second kappa shape index (κ2) is 11.9. The third kappa shape index (κ3) is 6.97. The Balaban J connectivity index is 0.00000320. The summed E-state index contributed by atoms with van der Waals surface area (Å²) >= 11 is 0. The van der Waals surface area contributed by atoms with E-state index >= 15 is 0 Å². The fraction of sp³-hybridized carbons (Fsp3) is 0.391. The van der Waals surface area contributed by atoms with Crippen molar-refractivity contribution >= 4 is 35.8 Å². The number of rotatable bonds is 7. The highest BCUT2D eigenvalue weighted by Crippen LogP contribution is 2.15. The first-order valence-corrected chi connectivity index (χ1v) is 10.1. The average Bonchev–Trinajstić information content (AvgIpc) is 3.10. The van der Waals surface area contributed by atoms with Gasteiger partial charge in [-0.15, -0.1) is 24.0 Å². The highest BCUT2D eigenvalue weighted by molar-refractivity contribution is 14.0. The molecule has 2 aromatic carbocycles. The normalized spacial score (nSPS) is 13.9. The highest BCUT2D eigenvalue weighted by atomic mass is 127. The maximum atomic E-state index is 13.4. The minimum atomic E-state index is -0.228. The fourth-order valence-corrected chi connectivity index (χ4v) is 3.46. The van der Waals surface area contributed by atoms with Gasteiger partial charge in [0.1, 0.15) is 5.82 Å². The lowest BCUT2D eigenvalue weighted by atomic mass is 10.1. The Hall–Kier alpha value is -2.16. The molecule has 0 atom stereocenters. The van der Waals surface area contributed by atoms with Gasteiger partial charge in [0, 0.05) is 39.6 Å². The van der Waals surface area contributed by atoms with Crippen LogP contribution in [-0.4, -0.2) is 41.8 Å². The van der Waals surface area contributed by atoms with Crippen molar-refractivity contribution in [1.29, 1.82) is 0 Å². The first-order chi connectivity index (χ1) is 14.0. The van der Waals surface area contributed by atoms with E-state index in [9.17, 15) is 9.18 Å². The summed E-state index contributed by atoms with van der Waals surface area (Å²) in [5, 5.41) is 3.29. The number of hydrogen-bond donors (Lipinski definition) is 1. The van der Waals surface area contributed by atoms with Crippen LogP contribution in [0.2, 0.25) is 0 Å². The Labute approximate surface area is 195 Å². The van der Waals surface area contributed by atoms with Crippen LogP contribution in [0.25, 0.3) is 0 Å². The zero-order chi connectivity index (χ0) is 20.6. The van der Waals surface area contributed by atoms with Crippen LogP contribution in [0.3, 0.4) is 0 Å². The van der Waals surface area contributed by atoms with Crippen LogP contribution in [0.15, 0.2) is 53.5 Å². The van der Waals surface area contributed by atoms with Gasteiger partial charge in [0.15, 0.2) is 5.96 Å². The average molecular weight is 524 g/mol. The largest absolute Gasteiger partial charge is 0.357 e. The standard InChI is InChI=1S/C23H29FN4O.HI/c1-3-25-23(27(2)16-20-6-4-7-21(24)14-20)26-15-18-9-11-19(12-10-18)17-28-13-5-8-22(28)29;/h4,6-7,9-12,14H,3,5,8,13,15-17H2,1-2H3,(H,25,26);1H. The third-order valence-corrected chi connectivity index (χ3v) is 4.98. The number of carbonyl (C=O) groups excluding carboxylic acids is 1. The predicted molar refractivity (Wildman–Crippen MR) is 129 cm³/mol. The quantitative estimate of drug-likeness (QED) is 0.336. The van der Waals surface area contributed by atoms with E-state index in [1.165, 1.54) is 6.07 Å². The lowest BCUT2D eigenvalue weighted by molar-refractivity contribution is -0.128. The van der Waals surface area contributed by atoms with Crippen LogP contribution in [0, 0.1) is 5.82 Å². The summed E-state index contributed by atoms with van der Waals surface area (Å²) in [5.41, 5.74) is 3.15. The molecular weight excluding hydrogens is 494 g/mol. The zero-order valence-electron chi connectivity index (χ0n) is 17.6. The number of carbonyl (C=O) groups is 1. The summed E-state index contributed by atoms with van der Waals surface area (Å²) in [5.74, 6) is 0.798. The van der Waals surface area contributed by atoms with E-state index in [1.54, 1.807) is 12.1 Å². The van der Waals surface area contributed by atoms with Gasteiger partial charge in [0.25, 0.3) is 0 Å². The topological polar surface area (TPSA) is 47.9 Å². The minimum absolute atomic E-state index is 0. The third-order valence-electron chi connectivity index (χ3n) is 4.98. The van der Waals surface area contributed by atoms with Crippen LogP contribution in [0.5, 0.6) is 0 Å². The first-order valence-electron chi connectivity index (χ1n) is 10.1. The molecule has 3 rings (SSSR count). The second-order valence-corrected chi connectivity index (χ2v) is 7.39. The number of hydrogen-bond acceptors (Lipinski definition) is 2. The Morgan fingerprint density at radius 3 is 2.53 bits per heavy atom. The molecule has 162 valence electrons. The molecular formula is C23H30FIN4O. The molecule has 1 amide bonds. The number of halogens is 2. The number of aliphatic imine (C=N–C) groups is 1. The monoisotopic (exact) mass is 524 g/mol. The van der Waals surface area contributed by atoms with Gasteiger partial charge in [-0.25, -0.2) is 9.38 Å². The number of amides is 1. The Bertz CT molecular complexity index is 857. The van der Waals surface area contributed by atoms with Crippen molar-refractivity contribution in [2.75, 3.05) is 20.1 Å². The molecule has 1 N–H and O–H groups in total. The lowest BCUT2D eigenvalue weighted by Gasteiger charge is -2.22. The van der Waals surface area contributed by atoms with E-state index in [0.29, 0.717) is 26.1 Å². The SMILES string of the molecule is CCNC(=NCc1ccc(CN2CCCC2=O)cc1)N(C)Cc1cccc(F)c1.I. The van der Waals surface area contributed by atoms with Crippen molar-refractivity contribution in [3.8, 4) is 0 Å². The molecule has 1 heterocycles. The van der Waals surface area contributed by atoms with Crippen molar-refractivity contribution < 1.29 is 9.18 Å². The van der Waals surface area contributed by atoms with Gasteiger partial charge < -0.3 is 15.1 Å². The second-order valence-electron chi connectivity index (χ2n) is 7.39. The van der Waals surface area contributed by atoms with Gasteiger partial charge in [-0.2, -0.15) is 0 Å². The number of nitrogens with zero attached hydrogens (tertiary/aromatic N) is 3. The summed E-state index contributed by atoms with van der Waals surface area (Å²) < 4.78 is 13.4. The molecule has 0 aliphatic carbocycles.